The Morgan fingerprint density at radius 2 is 2.06 bits per heavy atom. The lowest BCUT2D eigenvalue weighted by Crippen LogP contribution is -2.13. The summed E-state index contributed by atoms with van der Waals surface area (Å²) in [4.78, 5) is 0.274. The van der Waals surface area contributed by atoms with E-state index in [1.807, 2.05) is 0 Å². The molecule has 0 spiro atoms. The Bertz CT molecular complexity index is 459. The molecule has 0 heterocycles. The molecule has 0 fully saturated rings. The molecule has 0 aliphatic carbocycles. The number of aliphatic hydroxyl groups is 1. The van der Waals surface area contributed by atoms with Gasteiger partial charge in [-0.1, -0.05) is 12.1 Å². The Balaban J connectivity index is 2.57. The van der Waals surface area contributed by atoms with E-state index in [0.29, 0.717) is 19.6 Å². The molecule has 18 heavy (non-hydrogen) atoms. The van der Waals surface area contributed by atoms with E-state index in [1.165, 1.54) is 0 Å². The second-order valence-corrected chi connectivity index (χ2v) is 5.97. The largest absolute Gasteiger partial charge is 0.396 e. The summed E-state index contributed by atoms with van der Waals surface area (Å²) >= 11 is 0. The quantitative estimate of drug-likeness (QED) is 0.666. The van der Waals surface area contributed by atoms with E-state index < -0.39 is 9.84 Å². The summed E-state index contributed by atoms with van der Waals surface area (Å²) in [6.45, 7) is 0.867. The average molecular weight is 273 g/mol. The van der Waals surface area contributed by atoms with Crippen molar-refractivity contribution in [3.05, 3.63) is 29.8 Å². The first-order valence-electron chi connectivity index (χ1n) is 5.80. The minimum absolute atomic E-state index is 0.0469. The van der Waals surface area contributed by atoms with Gasteiger partial charge in [0.1, 0.15) is 0 Å². The van der Waals surface area contributed by atoms with E-state index >= 15 is 0 Å². The fourth-order valence-corrected chi connectivity index (χ4v) is 2.61. The molecule has 0 saturated carbocycles. The van der Waals surface area contributed by atoms with Crippen LogP contribution in [0.1, 0.15) is 12.0 Å². The number of aliphatic hydroxyl groups excluding tert-OH is 1. The van der Waals surface area contributed by atoms with Crippen molar-refractivity contribution >= 4 is 9.84 Å². The highest BCUT2D eigenvalue weighted by atomic mass is 32.2. The van der Waals surface area contributed by atoms with Crippen LogP contribution >= 0.6 is 0 Å². The van der Waals surface area contributed by atoms with Crippen LogP contribution in [-0.4, -0.2) is 39.1 Å². The van der Waals surface area contributed by atoms with Crippen molar-refractivity contribution < 1.29 is 18.3 Å². The summed E-state index contributed by atoms with van der Waals surface area (Å²) in [5.74, 6) is -0.0630. The van der Waals surface area contributed by atoms with Crippen molar-refractivity contribution in [3.63, 3.8) is 0 Å². The zero-order valence-electron chi connectivity index (χ0n) is 10.2. The molecule has 0 aliphatic rings. The van der Waals surface area contributed by atoms with Crippen molar-refractivity contribution in [2.75, 3.05) is 25.6 Å². The molecule has 102 valence electrons. The van der Waals surface area contributed by atoms with Crippen LogP contribution in [0.2, 0.25) is 0 Å². The Hall–Kier alpha value is -0.950. The van der Waals surface area contributed by atoms with Crippen LogP contribution in [0, 0.1) is 0 Å². The molecule has 0 radical (unpaired) electrons. The van der Waals surface area contributed by atoms with Crippen LogP contribution in [0.5, 0.6) is 0 Å². The minimum Gasteiger partial charge on any atom is -0.396 e. The van der Waals surface area contributed by atoms with Crippen molar-refractivity contribution in [1.29, 1.82) is 0 Å². The van der Waals surface area contributed by atoms with Crippen molar-refractivity contribution in [2.45, 2.75) is 17.9 Å². The van der Waals surface area contributed by atoms with Gasteiger partial charge in [0.25, 0.3) is 0 Å². The molecule has 5 nitrogen and oxygen atoms in total. The predicted molar refractivity (Wildman–Crippen MR) is 68.9 cm³/mol. The van der Waals surface area contributed by atoms with Crippen LogP contribution in [0.3, 0.4) is 0 Å². The molecule has 6 heteroatoms. The van der Waals surface area contributed by atoms with Crippen LogP contribution in [0.4, 0.5) is 0 Å². The fourth-order valence-electron chi connectivity index (χ4n) is 1.42. The lowest BCUT2D eigenvalue weighted by molar-refractivity contribution is 0.128. The molecule has 1 rings (SSSR count). The van der Waals surface area contributed by atoms with Gasteiger partial charge in [-0.3, -0.25) is 0 Å². The smallest absolute Gasteiger partial charge is 0.180 e. The van der Waals surface area contributed by atoms with E-state index in [1.54, 1.807) is 24.3 Å². The summed E-state index contributed by atoms with van der Waals surface area (Å²) in [5.41, 5.74) is 6.26. The standard InChI is InChI=1S/C12H19NO4S/c13-10-11-3-1-4-12(9-11)18(15,16)8-7-17-6-2-5-14/h1,3-4,9,14H,2,5-8,10,13H2. The molecule has 0 aromatic heterocycles. The summed E-state index contributed by atoms with van der Waals surface area (Å²) in [6, 6.07) is 6.61. The molecule has 0 amide bonds. The molecular weight excluding hydrogens is 254 g/mol. The molecule has 0 atom stereocenters. The second-order valence-electron chi connectivity index (χ2n) is 3.86. The van der Waals surface area contributed by atoms with Gasteiger partial charge in [0.2, 0.25) is 0 Å². The second kappa shape index (κ2) is 7.48. The highest BCUT2D eigenvalue weighted by Gasteiger charge is 2.14. The lowest BCUT2D eigenvalue weighted by Gasteiger charge is -2.06. The van der Waals surface area contributed by atoms with Gasteiger partial charge in [-0.05, 0) is 24.1 Å². The third-order valence-corrected chi connectivity index (χ3v) is 4.11. The van der Waals surface area contributed by atoms with Crippen LogP contribution in [-0.2, 0) is 21.1 Å². The number of nitrogens with two attached hydrogens (primary N) is 1. The molecule has 1 aromatic rings. The average Bonchev–Trinajstić information content (AvgIpc) is 2.38. The number of rotatable bonds is 8. The highest BCUT2D eigenvalue weighted by Crippen LogP contribution is 2.13. The third-order valence-electron chi connectivity index (χ3n) is 2.44. The van der Waals surface area contributed by atoms with E-state index in [2.05, 4.69) is 0 Å². The zero-order valence-corrected chi connectivity index (χ0v) is 11.0. The molecular formula is C12H19NO4S. The first-order chi connectivity index (χ1) is 8.60. The van der Waals surface area contributed by atoms with Gasteiger partial charge in [-0.2, -0.15) is 0 Å². The summed E-state index contributed by atoms with van der Waals surface area (Å²) < 4.78 is 29.0. The topological polar surface area (TPSA) is 89.6 Å². The number of sulfone groups is 1. The minimum atomic E-state index is -3.32. The maximum absolute atomic E-state index is 12.0. The van der Waals surface area contributed by atoms with Gasteiger partial charge in [0, 0.05) is 19.8 Å². The number of hydrogen-bond donors (Lipinski definition) is 2. The third kappa shape index (κ3) is 4.73. The molecule has 0 bridgehead atoms. The highest BCUT2D eigenvalue weighted by molar-refractivity contribution is 7.91. The van der Waals surface area contributed by atoms with E-state index in [-0.39, 0.29) is 23.9 Å². The Kier molecular flexibility index (Phi) is 6.28. The molecule has 0 unspecified atom stereocenters. The van der Waals surface area contributed by atoms with Crippen molar-refractivity contribution in [3.8, 4) is 0 Å². The first kappa shape index (κ1) is 15.1. The summed E-state index contributed by atoms with van der Waals surface area (Å²) in [7, 11) is -3.32. The summed E-state index contributed by atoms with van der Waals surface area (Å²) in [6.07, 6.45) is 0.517. The van der Waals surface area contributed by atoms with Crippen LogP contribution in [0.15, 0.2) is 29.2 Å². The van der Waals surface area contributed by atoms with Gasteiger partial charge in [0.05, 0.1) is 17.3 Å². The lowest BCUT2D eigenvalue weighted by atomic mass is 10.2. The van der Waals surface area contributed by atoms with Crippen LogP contribution < -0.4 is 5.73 Å². The van der Waals surface area contributed by atoms with Gasteiger partial charge in [-0.25, -0.2) is 8.42 Å². The molecule has 3 N–H and O–H groups in total. The number of hydrogen-bond acceptors (Lipinski definition) is 5. The van der Waals surface area contributed by atoms with Gasteiger partial charge in [-0.15, -0.1) is 0 Å². The molecule has 0 aliphatic heterocycles. The normalized spacial score (nSPS) is 11.7. The van der Waals surface area contributed by atoms with Crippen molar-refractivity contribution in [2.24, 2.45) is 5.73 Å². The number of benzene rings is 1. The van der Waals surface area contributed by atoms with Gasteiger partial charge in [0.15, 0.2) is 9.84 Å². The van der Waals surface area contributed by atoms with E-state index in [0.717, 1.165) is 5.56 Å². The fraction of sp³-hybridized carbons (Fsp3) is 0.500. The van der Waals surface area contributed by atoms with Crippen LogP contribution in [0.25, 0.3) is 0 Å². The maximum Gasteiger partial charge on any atom is 0.180 e. The van der Waals surface area contributed by atoms with E-state index in [4.69, 9.17) is 15.6 Å². The number of ether oxygens (including phenoxy) is 1. The monoisotopic (exact) mass is 273 g/mol. The Labute approximate surface area is 107 Å². The Morgan fingerprint density at radius 1 is 1.28 bits per heavy atom. The summed E-state index contributed by atoms with van der Waals surface area (Å²) in [5, 5.41) is 8.55. The van der Waals surface area contributed by atoms with Crippen molar-refractivity contribution in [1.82, 2.24) is 0 Å². The maximum atomic E-state index is 12.0. The molecule has 0 saturated heterocycles. The predicted octanol–water partition coefficient (Wildman–Crippen LogP) is 0.318. The van der Waals surface area contributed by atoms with E-state index in [9.17, 15) is 8.42 Å². The SMILES string of the molecule is NCc1cccc(S(=O)(=O)CCOCCCO)c1. The first-order valence-corrected chi connectivity index (χ1v) is 7.46. The zero-order chi connectivity index (χ0) is 13.4. The van der Waals surface area contributed by atoms with Gasteiger partial charge < -0.3 is 15.6 Å². The molecule has 1 aromatic carbocycles. The van der Waals surface area contributed by atoms with Gasteiger partial charge >= 0.3 is 0 Å². The Morgan fingerprint density at radius 3 is 2.72 bits per heavy atom.